The number of fused-ring (bicyclic) bond motifs is 1. The minimum Gasteiger partial charge on any atom is -0.388 e. The maximum atomic E-state index is 15.7. The molecule has 1 heterocycles. The second-order valence-electron chi connectivity index (χ2n) is 9.01. The highest BCUT2D eigenvalue weighted by atomic mass is 19.4. The number of alkyl halides is 4. The van der Waals surface area contributed by atoms with Crippen LogP contribution >= 0.6 is 0 Å². The van der Waals surface area contributed by atoms with E-state index in [2.05, 4.69) is 4.98 Å². The lowest BCUT2D eigenvalue weighted by molar-refractivity contribution is -0.137. The quantitative estimate of drug-likeness (QED) is 0.440. The topological polar surface area (TPSA) is 33.1 Å². The summed E-state index contributed by atoms with van der Waals surface area (Å²) < 4.78 is 67.8. The number of aliphatic hydroxyl groups excluding tert-OH is 1. The van der Waals surface area contributed by atoms with Gasteiger partial charge in [0.25, 0.3) is 0 Å². The summed E-state index contributed by atoms with van der Waals surface area (Å²) >= 11 is 0. The molecule has 0 radical (unpaired) electrons. The minimum atomic E-state index is -4.52. The molecule has 168 valence electrons. The Labute approximate surface area is 182 Å². The predicted molar refractivity (Wildman–Crippen MR) is 111 cm³/mol. The monoisotopic (exact) mass is 447 g/mol. The predicted octanol–water partition coefficient (Wildman–Crippen LogP) is 6.97. The van der Waals surface area contributed by atoms with Crippen LogP contribution in [0.3, 0.4) is 0 Å². The van der Waals surface area contributed by atoms with E-state index in [1.807, 2.05) is 13.8 Å². The molecular formula is C25H22F5NO. The van der Waals surface area contributed by atoms with Gasteiger partial charge in [-0.2, -0.15) is 13.2 Å². The molecule has 1 aliphatic carbocycles. The second kappa shape index (κ2) is 7.96. The lowest BCUT2D eigenvalue weighted by Crippen LogP contribution is -2.27. The van der Waals surface area contributed by atoms with E-state index in [1.165, 1.54) is 24.3 Å². The van der Waals surface area contributed by atoms with Gasteiger partial charge in [0.1, 0.15) is 5.82 Å². The number of rotatable bonds is 3. The number of hydrogen-bond donors (Lipinski definition) is 1. The van der Waals surface area contributed by atoms with Crippen LogP contribution in [0, 0.1) is 11.2 Å². The van der Waals surface area contributed by atoms with Gasteiger partial charge in [-0.25, -0.2) is 8.78 Å². The van der Waals surface area contributed by atoms with Crippen molar-refractivity contribution in [3.63, 3.8) is 0 Å². The Morgan fingerprint density at radius 1 is 1.03 bits per heavy atom. The number of benzene rings is 2. The summed E-state index contributed by atoms with van der Waals surface area (Å²) in [5.41, 5.74) is 0.994. The van der Waals surface area contributed by atoms with Gasteiger partial charge in [-0.05, 0) is 66.3 Å². The zero-order chi connectivity index (χ0) is 23.3. The maximum absolute atomic E-state index is 15.7. The number of aliphatic hydroxyl groups is 1. The van der Waals surface area contributed by atoms with E-state index >= 15 is 4.39 Å². The molecule has 1 N–H and O–H groups in total. The number of pyridine rings is 1. The summed E-state index contributed by atoms with van der Waals surface area (Å²) in [6, 6.07) is 10.9. The van der Waals surface area contributed by atoms with Crippen molar-refractivity contribution in [2.24, 2.45) is 5.41 Å². The molecule has 2 aromatic carbocycles. The minimum absolute atomic E-state index is 0.0359. The van der Waals surface area contributed by atoms with E-state index in [0.29, 0.717) is 29.7 Å². The zero-order valence-electron chi connectivity index (χ0n) is 17.5. The Morgan fingerprint density at radius 2 is 1.66 bits per heavy atom. The molecule has 0 fully saturated rings. The normalized spacial score (nSPS) is 18.8. The van der Waals surface area contributed by atoms with Crippen LogP contribution in [-0.4, -0.2) is 10.1 Å². The first-order chi connectivity index (χ1) is 14.9. The molecule has 0 saturated heterocycles. The van der Waals surface area contributed by atoms with Crippen LogP contribution in [0.5, 0.6) is 0 Å². The van der Waals surface area contributed by atoms with Gasteiger partial charge in [0, 0.05) is 22.4 Å². The van der Waals surface area contributed by atoms with E-state index in [1.54, 1.807) is 6.07 Å². The summed E-state index contributed by atoms with van der Waals surface area (Å²) in [7, 11) is 0. The third-order valence-electron chi connectivity index (χ3n) is 5.84. The molecule has 2 atom stereocenters. The molecule has 2 unspecified atom stereocenters. The molecular weight excluding hydrogens is 425 g/mol. The molecule has 0 bridgehead atoms. The van der Waals surface area contributed by atoms with Crippen LogP contribution in [0.4, 0.5) is 22.0 Å². The van der Waals surface area contributed by atoms with Crippen molar-refractivity contribution in [1.82, 2.24) is 4.98 Å². The molecule has 0 aliphatic heterocycles. The summed E-state index contributed by atoms with van der Waals surface area (Å²) in [4.78, 5) is 4.66. The second-order valence-corrected chi connectivity index (χ2v) is 9.01. The Hall–Kier alpha value is -2.80. The Kier molecular flexibility index (Phi) is 5.57. The standard InChI is InChI=1S/C25H22F5NO/c1-24(2)12-20-18(21(32)13-24)11-19(23(31-20)15-5-9-17(26)10-6-15)22(27)14-3-7-16(8-4-14)25(28,29)30/h3-11,21-22,32H,12-13H2,1-2H3. The van der Waals surface area contributed by atoms with Gasteiger partial charge in [0.2, 0.25) is 0 Å². The first kappa shape index (κ1) is 22.4. The van der Waals surface area contributed by atoms with Crippen LogP contribution in [-0.2, 0) is 12.6 Å². The van der Waals surface area contributed by atoms with Crippen molar-refractivity contribution in [2.45, 2.75) is 45.1 Å². The van der Waals surface area contributed by atoms with Gasteiger partial charge in [0.15, 0.2) is 6.17 Å². The molecule has 7 heteroatoms. The van der Waals surface area contributed by atoms with Gasteiger partial charge in [-0.3, -0.25) is 4.98 Å². The third-order valence-corrected chi connectivity index (χ3v) is 5.84. The highest BCUT2D eigenvalue weighted by Crippen LogP contribution is 2.44. The molecule has 3 aromatic rings. The van der Waals surface area contributed by atoms with Gasteiger partial charge in [-0.1, -0.05) is 26.0 Å². The van der Waals surface area contributed by atoms with Crippen molar-refractivity contribution in [2.75, 3.05) is 0 Å². The van der Waals surface area contributed by atoms with E-state index in [-0.39, 0.29) is 22.2 Å². The lowest BCUT2D eigenvalue weighted by atomic mass is 9.74. The van der Waals surface area contributed by atoms with Crippen molar-refractivity contribution in [3.05, 3.63) is 88.4 Å². The fraction of sp³-hybridized carbons (Fsp3) is 0.320. The highest BCUT2D eigenvalue weighted by molar-refractivity contribution is 5.66. The van der Waals surface area contributed by atoms with Gasteiger partial charge >= 0.3 is 6.18 Å². The average molecular weight is 447 g/mol. The Bertz CT molecular complexity index is 1120. The molecule has 0 amide bonds. The molecule has 4 rings (SSSR count). The van der Waals surface area contributed by atoms with E-state index in [4.69, 9.17) is 0 Å². The fourth-order valence-corrected chi connectivity index (χ4v) is 4.22. The van der Waals surface area contributed by atoms with Gasteiger partial charge in [0.05, 0.1) is 17.4 Å². The lowest BCUT2D eigenvalue weighted by Gasteiger charge is -2.34. The SMILES string of the molecule is CC1(C)Cc2nc(-c3ccc(F)cc3)c(C(F)c3ccc(C(F)(F)F)cc3)cc2C(O)C1. The van der Waals surface area contributed by atoms with Crippen molar-refractivity contribution in [3.8, 4) is 11.3 Å². The molecule has 0 saturated carbocycles. The summed E-state index contributed by atoms with van der Waals surface area (Å²) in [5.74, 6) is -0.454. The van der Waals surface area contributed by atoms with Crippen molar-refractivity contribution < 1.29 is 27.1 Å². The summed E-state index contributed by atoms with van der Waals surface area (Å²) in [6.45, 7) is 4.01. The maximum Gasteiger partial charge on any atom is 0.416 e. The van der Waals surface area contributed by atoms with Gasteiger partial charge in [-0.15, -0.1) is 0 Å². The first-order valence-electron chi connectivity index (χ1n) is 10.2. The molecule has 0 spiro atoms. The van der Waals surface area contributed by atoms with Crippen LogP contribution in [0.15, 0.2) is 54.6 Å². The molecule has 32 heavy (non-hydrogen) atoms. The number of nitrogens with zero attached hydrogens (tertiary/aromatic N) is 1. The average Bonchev–Trinajstić information content (AvgIpc) is 2.72. The number of halogens is 5. The van der Waals surface area contributed by atoms with Crippen LogP contribution in [0.2, 0.25) is 0 Å². The molecule has 1 aliphatic rings. The van der Waals surface area contributed by atoms with Gasteiger partial charge < -0.3 is 5.11 Å². The van der Waals surface area contributed by atoms with E-state index in [9.17, 15) is 22.7 Å². The molecule has 1 aromatic heterocycles. The highest BCUT2D eigenvalue weighted by Gasteiger charge is 2.35. The summed E-state index contributed by atoms with van der Waals surface area (Å²) in [5, 5.41) is 10.7. The van der Waals surface area contributed by atoms with E-state index in [0.717, 1.165) is 24.3 Å². The smallest absolute Gasteiger partial charge is 0.388 e. The van der Waals surface area contributed by atoms with Crippen LogP contribution in [0.1, 0.15) is 60.5 Å². The van der Waals surface area contributed by atoms with Crippen molar-refractivity contribution in [1.29, 1.82) is 0 Å². The van der Waals surface area contributed by atoms with E-state index < -0.39 is 29.8 Å². The third kappa shape index (κ3) is 4.39. The number of aromatic nitrogens is 1. The number of hydrogen-bond acceptors (Lipinski definition) is 2. The fourth-order valence-electron chi connectivity index (χ4n) is 4.22. The Morgan fingerprint density at radius 3 is 2.25 bits per heavy atom. The summed E-state index contributed by atoms with van der Waals surface area (Å²) in [6.07, 6.45) is -6.08. The molecule has 2 nitrogen and oxygen atoms in total. The van der Waals surface area contributed by atoms with Crippen LogP contribution in [0.25, 0.3) is 11.3 Å². The Balaban J connectivity index is 1.84. The first-order valence-corrected chi connectivity index (χ1v) is 10.2. The van der Waals surface area contributed by atoms with Crippen molar-refractivity contribution >= 4 is 0 Å². The zero-order valence-corrected chi connectivity index (χ0v) is 17.5. The largest absolute Gasteiger partial charge is 0.416 e. The van der Waals surface area contributed by atoms with Crippen LogP contribution < -0.4 is 0 Å².